The third-order valence-electron chi connectivity index (χ3n) is 2.86. The Hall–Kier alpha value is -2.09. The standard InChI is InChI=1S/C12H11FN2O2/c13-10-2-1-3-11(9(10)5-14)15-6-8(7-15)4-12(16)17/h1-3,8H,4,6-7H2,(H,16,17). The zero-order valence-corrected chi connectivity index (χ0v) is 9.06. The second kappa shape index (κ2) is 4.42. The average molecular weight is 234 g/mol. The minimum Gasteiger partial charge on any atom is -0.481 e. The summed E-state index contributed by atoms with van der Waals surface area (Å²) < 4.78 is 13.3. The van der Waals surface area contributed by atoms with Gasteiger partial charge in [0.15, 0.2) is 0 Å². The lowest BCUT2D eigenvalue weighted by Gasteiger charge is -2.40. The monoisotopic (exact) mass is 234 g/mol. The summed E-state index contributed by atoms with van der Waals surface area (Å²) in [5.41, 5.74) is 0.579. The fourth-order valence-electron chi connectivity index (χ4n) is 2.03. The molecule has 1 fully saturated rings. The van der Waals surface area contributed by atoms with Crippen LogP contribution in [0.5, 0.6) is 0 Å². The van der Waals surface area contributed by atoms with Gasteiger partial charge in [0.2, 0.25) is 0 Å². The molecule has 0 amide bonds. The minimum atomic E-state index is -0.825. The van der Waals surface area contributed by atoms with E-state index < -0.39 is 11.8 Å². The van der Waals surface area contributed by atoms with E-state index in [2.05, 4.69) is 0 Å². The zero-order chi connectivity index (χ0) is 12.4. The van der Waals surface area contributed by atoms with Gasteiger partial charge in [0.05, 0.1) is 12.1 Å². The van der Waals surface area contributed by atoms with Crippen LogP contribution in [0, 0.1) is 23.1 Å². The van der Waals surface area contributed by atoms with E-state index in [-0.39, 0.29) is 17.9 Å². The van der Waals surface area contributed by atoms with Gasteiger partial charge in [-0.2, -0.15) is 5.26 Å². The van der Waals surface area contributed by atoms with Crippen molar-refractivity contribution in [2.45, 2.75) is 6.42 Å². The normalized spacial score (nSPS) is 15.2. The smallest absolute Gasteiger partial charge is 0.303 e. The quantitative estimate of drug-likeness (QED) is 0.862. The van der Waals surface area contributed by atoms with Crippen LogP contribution in [-0.2, 0) is 4.79 Å². The molecule has 1 aliphatic heterocycles. The van der Waals surface area contributed by atoms with Crippen LogP contribution in [0.15, 0.2) is 18.2 Å². The number of nitrogens with zero attached hydrogens (tertiary/aromatic N) is 2. The van der Waals surface area contributed by atoms with E-state index in [9.17, 15) is 9.18 Å². The van der Waals surface area contributed by atoms with Crippen molar-refractivity contribution in [2.75, 3.05) is 18.0 Å². The molecule has 0 unspecified atom stereocenters. The number of anilines is 1. The molecule has 5 heteroatoms. The predicted molar refractivity (Wildman–Crippen MR) is 59.1 cm³/mol. The summed E-state index contributed by atoms with van der Waals surface area (Å²) in [7, 11) is 0. The molecule has 0 bridgehead atoms. The summed E-state index contributed by atoms with van der Waals surface area (Å²) in [6.07, 6.45) is 0.119. The van der Waals surface area contributed by atoms with Crippen LogP contribution in [0.1, 0.15) is 12.0 Å². The fraction of sp³-hybridized carbons (Fsp3) is 0.333. The third kappa shape index (κ3) is 2.21. The Balaban J connectivity index is 2.09. The van der Waals surface area contributed by atoms with Crippen LogP contribution >= 0.6 is 0 Å². The maximum Gasteiger partial charge on any atom is 0.303 e. The van der Waals surface area contributed by atoms with E-state index in [1.807, 2.05) is 11.0 Å². The molecule has 88 valence electrons. The summed E-state index contributed by atoms with van der Waals surface area (Å²) in [6.45, 7) is 1.12. The van der Waals surface area contributed by atoms with Crippen molar-refractivity contribution in [1.29, 1.82) is 5.26 Å². The number of hydrogen-bond acceptors (Lipinski definition) is 3. The molecule has 0 spiro atoms. The summed E-state index contributed by atoms with van der Waals surface area (Å²) in [6, 6.07) is 6.31. The van der Waals surface area contributed by atoms with Crippen LogP contribution in [0.4, 0.5) is 10.1 Å². The van der Waals surface area contributed by atoms with Crippen molar-refractivity contribution >= 4 is 11.7 Å². The molecule has 4 nitrogen and oxygen atoms in total. The number of carboxylic acid groups (broad SMARTS) is 1. The minimum absolute atomic E-state index is 0.0290. The van der Waals surface area contributed by atoms with Crippen molar-refractivity contribution in [2.24, 2.45) is 5.92 Å². The van der Waals surface area contributed by atoms with Gasteiger partial charge in [0.1, 0.15) is 17.4 Å². The van der Waals surface area contributed by atoms with Gasteiger partial charge < -0.3 is 10.0 Å². The van der Waals surface area contributed by atoms with Gasteiger partial charge in [-0.1, -0.05) is 6.07 Å². The largest absolute Gasteiger partial charge is 0.481 e. The zero-order valence-electron chi connectivity index (χ0n) is 9.06. The molecule has 1 aromatic carbocycles. The Morgan fingerprint density at radius 2 is 2.29 bits per heavy atom. The van der Waals surface area contributed by atoms with Crippen molar-refractivity contribution in [3.05, 3.63) is 29.6 Å². The van der Waals surface area contributed by atoms with Crippen LogP contribution < -0.4 is 4.90 Å². The second-order valence-corrected chi connectivity index (χ2v) is 4.11. The van der Waals surface area contributed by atoms with Gasteiger partial charge >= 0.3 is 5.97 Å². The number of aliphatic carboxylic acids is 1. The lowest BCUT2D eigenvalue weighted by Crippen LogP contribution is -2.48. The Morgan fingerprint density at radius 3 is 2.88 bits per heavy atom. The first-order valence-corrected chi connectivity index (χ1v) is 5.27. The summed E-state index contributed by atoms with van der Waals surface area (Å²) >= 11 is 0. The van der Waals surface area contributed by atoms with Gasteiger partial charge in [-0.05, 0) is 12.1 Å². The number of nitriles is 1. The first-order chi connectivity index (χ1) is 8.11. The number of rotatable bonds is 3. The maximum absolute atomic E-state index is 13.3. The van der Waals surface area contributed by atoms with Gasteiger partial charge in [0, 0.05) is 19.0 Å². The maximum atomic E-state index is 13.3. The van der Waals surface area contributed by atoms with Crippen molar-refractivity contribution in [1.82, 2.24) is 0 Å². The van der Waals surface area contributed by atoms with Gasteiger partial charge in [-0.25, -0.2) is 4.39 Å². The van der Waals surface area contributed by atoms with Gasteiger partial charge in [-0.15, -0.1) is 0 Å². The van der Waals surface area contributed by atoms with E-state index in [0.29, 0.717) is 18.8 Å². The van der Waals surface area contributed by atoms with E-state index in [1.54, 1.807) is 12.1 Å². The molecule has 1 saturated heterocycles. The molecular weight excluding hydrogens is 223 g/mol. The molecular formula is C12H11FN2O2. The molecule has 17 heavy (non-hydrogen) atoms. The van der Waals surface area contributed by atoms with Crippen LogP contribution in [0.3, 0.4) is 0 Å². The summed E-state index contributed by atoms with van der Waals surface area (Å²) in [4.78, 5) is 12.3. The Labute approximate surface area is 97.9 Å². The highest BCUT2D eigenvalue weighted by Gasteiger charge is 2.30. The molecule has 0 radical (unpaired) electrons. The van der Waals surface area contributed by atoms with Crippen LogP contribution in [-0.4, -0.2) is 24.2 Å². The number of halogens is 1. The molecule has 0 saturated carbocycles. The Kier molecular flexibility index (Phi) is 2.96. The van der Waals surface area contributed by atoms with Crippen LogP contribution in [0.25, 0.3) is 0 Å². The number of carboxylic acids is 1. The van der Waals surface area contributed by atoms with Gasteiger partial charge in [0.25, 0.3) is 0 Å². The highest BCUT2D eigenvalue weighted by atomic mass is 19.1. The average Bonchev–Trinajstić information content (AvgIpc) is 2.22. The third-order valence-corrected chi connectivity index (χ3v) is 2.86. The van der Waals surface area contributed by atoms with Gasteiger partial charge in [-0.3, -0.25) is 4.79 Å². The number of benzene rings is 1. The van der Waals surface area contributed by atoms with Crippen LogP contribution in [0.2, 0.25) is 0 Å². The summed E-state index contributed by atoms with van der Waals surface area (Å²) in [5, 5.41) is 17.5. The summed E-state index contributed by atoms with van der Waals surface area (Å²) in [5.74, 6) is -1.27. The fourth-order valence-corrected chi connectivity index (χ4v) is 2.03. The van der Waals surface area contributed by atoms with E-state index in [1.165, 1.54) is 6.07 Å². The molecule has 1 aliphatic rings. The Bertz CT molecular complexity index is 490. The highest BCUT2D eigenvalue weighted by molar-refractivity contribution is 5.68. The molecule has 2 rings (SSSR count). The second-order valence-electron chi connectivity index (χ2n) is 4.11. The highest BCUT2D eigenvalue weighted by Crippen LogP contribution is 2.30. The first kappa shape index (κ1) is 11.4. The van der Waals surface area contributed by atoms with Crippen molar-refractivity contribution in [3.8, 4) is 6.07 Å². The molecule has 1 heterocycles. The SMILES string of the molecule is N#Cc1c(F)cccc1N1CC(CC(=O)O)C1. The number of carbonyl (C=O) groups is 1. The van der Waals surface area contributed by atoms with E-state index in [0.717, 1.165) is 0 Å². The predicted octanol–water partition coefficient (Wildman–Crippen LogP) is 1.61. The lowest BCUT2D eigenvalue weighted by atomic mass is 9.94. The molecule has 0 atom stereocenters. The van der Waals surface area contributed by atoms with E-state index in [4.69, 9.17) is 10.4 Å². The molecule has 0 aromatic heterocycles. The topological polar surface area (TPSA) is 64.3 Å². The Morgan fingerprint density at radius 1 is 1.59 bits per heavy atom. The molecule has 1 N–H and O–H groups in total. The number of hydrogen-bond donors (Lipinski definition) is 1. The van der Waals surface area contributed by atoms with Crippen molar-refractivity contribution < 1.29 is 14.3 Å². The lowest BCUT2D eigenvalue weighted by molar-refractivity contribution is -0.138. The van der Waals surface area contributed by atoms with E-state index >= 15 is 0 Å². The molecule has 0 aliphatic carbocycles. The first-order valence-electron chi connectivity index (χ1n) is 5.27. The van der Waals surface area contributed by atoms with Crippen molar-refractivity contribution in [3.63, 3.8) is 0 Å². The molecule has 1 aromatic rings.